The number of esters is 1. The van der Waals surface area contributed by atoms with Gasteiger partial charge in [-0.2, -0.15) is 13.2 Å². The van der Waals surface area contributed by atoms with Gasteiger partial charge in [-0.25, -0.2) is 4.79 Å². The molecule has 0 spiro atoms. The second-order valence-corrected chi connectivity index (χ2v) is 7.73. The predicted octanol–water partition coefficient (Wildman–Crippen LogP) is 3.63. The molecule has 1 aromatic rings. The molecule has 1 aromatic carbocycles. The molecule has 1 aliphatic heterocycles. The molecule has 0 aromatic heterocycles. The number of anilines is 1. The van der Waals surface area contributed by atoms with Crippen molar-refractivity contribution >= 4 is 17.6 Å². The number of ether oxygens (including phenoxy) is 1. The summed E-state index contributed by atoms with van der Waals surface area (Å²) in [5.74, 6) is -2.72. The molecule has 5 nitrogen and oxygen atoms in total. The number of hydrogen-bond donors (Lipinski definition) is 0. The van der Waals surface area contributed by atoms with E-state index in [1.54, 1.807) is 20.8 Å². The number of benzene rings is 1. The number of rotatable bonds is 3. The number of piperidine rings is 1. The van der Waals surface area contributed by atoms with E-state index in [0.29, 0.717) is 25.9 Å². The maximum Gasteiger partial charge on any atom is 0.471 e. The maximum absolute atomic E-state index is 13.3. The zero-order chi connectivity index (χ0) is 20.4. The van der Waals surface area contributed by atoms with Crippen molar-refractivity contribution in [3.8, 4) is 0 Å². The van der Waals surface area contributed by atoms with E-state index in [1.165, 1.54) is 24.3 Å². The molecule has 0 saturated carbocycles. The summed E-state index contributed by atoms with van der Waals surface area (Å²) in [5, 5.41) is 0. The van der Waals surface area contributed by atoms with Gasteiger partial charge in [-0.1, -0.05) is 12.1 Å². The molecule has 2 rings (SSSR count). The molecule has 0 N–H and O–H groups in total. The molecule has 1 fully saturated rings. The first kappa shape index (κ1) is 21.2. The molecule has 0 unspecified atom stereocenters. The first-order valence-electron chi connectivity index (χ1n) is 8.81. The average Bonchev–Trinajstić information content (AvgIpc) is 2.55. The molecule has 0 radical (unpaired) electrons. The Hall–Kier alpha value is -2.09. The minimum atomic E-state index is -5.04. The fourth-order valence-corrected chi connectivity index (χ4v) is 3.05. The van der Waals surface area contributed by atoms with E-state index in [-0.39, 0.29) is 11.3 Å². The van der Waals surface area contributed by atoms with Crippen molar-refractivity contribution in [1.82, 2.24) is 4.90 Å². The van der Waals surface area contributed by atoms with Gasteiger partial charge in [0.1, 0.15) is 5.60 Å². The van der Waals surface area contributed by atoms with Crippen molar-refractivity contribution in [2.45, 2.75) is 51.4 Å². The Morgan fingerprint density at radius 3 is 2.19 bits per heavy atom. The molecule has 1 heterocycles. The maximum atomic E-state index is 13.3. The molecule has 0 bridgehead atoms. The third-order valence-corrected chi connectivity index (χ3v) is 4.30. The summed E-state index contributed by atoms with van der Waals surface area (Å²) in [6.45, 7) is 6.15. The van der Waals surface area contributed by atoms with E-state index in [9.17, 15) is 22.8 Å². The molecule has 1 aliphatic rings. The Morgan fingerprint density at radius 1 is 1.11 bits per heavy atom. The van der Waals surface area contributed by atoms with Crippen LogP contribution in [-0.2, 0) is 9.53 Å². The molecule has 0 atom stereocenters. The SMILES string of the molecule is CN1CCC(N(C(=O)C(F)(F)F)c2ccccc2C(=O)OC(C)(C)C)CC1. The number of likely N-dealkylation sites (tertiary alicyclic amines) is 1. The number of alkyl halides is 3. The van der Waals surface area contributed by atoms with Gasteiger partial charge in [-0.05, 0) is 65.9 Å². The highest BCUT2D eigenvalue weighted by Gasteiger charge is 2.46. The number of halogens is 3. The van der Waals surface area contributed by atoms with E-state index < -0.39 is 29.7 Å². The van der Waals surface area contributed by atoms with Crippen LogP contribution in [0.1, 0.15) is 44.0 Å². The van der Waals surface area contributed by atoms with Gasteiger partial charge in [0.25, 0.3) is 0 Å². The monoisotopic (exact) mass is 386 g/mol. The Balaban J connectivity index is 2.47. The highest BCUT2D eigenvalue weighted by molar-refractivity contribution is 6.04. The lowest BCUT2D eigenvalue weighted by atomic mass is 10.0. The average molecular weight is 386 g/mol. The molecule has 27 heavy (non-hydrogen) atoms. The second kappa shape index (κ2) is 7.88. The Bertz CT molecular complexity index is 690. The van der Waals surface area contributed by atoms with Gasteiger partial charge in [0, 0.05) is 6.04 Å². The highest BCUT2D eigenvalue weighted by atomic mass is 19.4. The van der Waals surface area contributed by atoms with Gasteiger partial charge in [-0.15, -0.1) is 0 Å². The van der Waals surface area contributed by atoms with Gasteiger partial charge in [0.15, 0.2) is 0 Å². The number of carbonyl (C=O) groups is 2. The summed E-state index contributed by atoms with van der Waals surface area (Å²) in [4.78, 5) is 27.5. The summed E-state index contributed by atoms with van der Waals surface area (Å²) in [6.07, 6.45) is -4.26. The quantitative estimate of drug-likeness (QED) is 0.745. The lowest BCUT2D eigenvalue weighted by molar-refractivity contribution is -0.171. The molecule has 1 amide bonds. The number of hydrogen-bond acceptors (Lipinski definition) is 4. The minimum absolute atomic E-state index is 0.0519. The minimum Gasteiger partial charge on any atom is -0.456 e. The smallest absolute Gasteiger partial charge is 0.456 e. The van der Waals surface area contributed by atoms with E-state index in [1.807, 2.05) is 11.9 Å². The van der Waals surface area contributed by atoms with Crippen molar-refractivity contribution in [3.63, 3.8) is 0 Å². The number of carbonyl (C=O) groups excluding carboxylic acids is 2. The van der Waals surface area contributed by atoms with Crippen LogP contribution in [0.5, 0.6) is 0 Å². The van der Waals surface area contributed by atoms with E-state index >= 15 is 0 Å². The number of nitrogens with zero attached hydrogens (tertiary/aromatic N) is 2. The van der Waals surface area contributed by atoms with Crippen LogP contribution in [-0.4, -0.2) is 54.7 Å². The molecule has 1 saturated heterocycles. The first-order valence-corrected chi connectivity index (χ1v) is 8.81. The van der Waals surface area contributed by atoms with Crippen LogP contribution in [0.3, 0.4) is 0 Å². The summed E-state index contributed by atoms with van der Waals surface area (Å²) in [6, 6.07) is 5.15. The summed E-state index contributed by atoms with van der Waals surface area (Å²) < 4.78 is 45.2. The van der Waals surface area contributed by atoms with Crippen LogP contribution in [0.4, 0.5) is 18.9 Å². The van der Waals surface area contributed by atoms with Crippen molar-refractivity contribution in [3.05, 3.63) is 29.8 Å². The third kappa shape index (κ3) is 5.45. The predicted molar refractivity (Wildman–Crippen MR) is 95.7 cm³/mol. The van der Waals surface area contributed by atoms with Gasteiger partial charge in [-0.3, -0.25) is 4.79 Å². The molecule has 8 heteroatoms. The van der Waals surface area contributed by atoms with Crippen LogP contribution < -0.4 is 4.90 Å². The van der Waals surface area contributed by atoms with Crippen LogP contribution >= 0.6 is 0 Å². The zero-order valence-electron chi connectivity index (χ0n) is 16.0. The van der Waals surface area contributed by atoms with Crippen molar-refractivity contribution in [1.29, 1.82) is 0 Å². The lowest BCUT2D eigenvalue weighted by Crippen LogP contribution is -2.51. The normalized spacial score (nSPS) is 16.9. The Morgan fingerprint density at radius 2 is 1.67 bits per heavy atom. The Labute approximate surface area is 157 Å². The third-order valence-electron chi connectivity index (χ3n) is 4.30. The topological polar surface area (TPSA) is 49.9 Å². The highest BCUT2D eigenvalue weighted by Crippen LogP contribution is 2.32. The van der Waals surface area contributed by atoms with E-state index in [4.69, 9.17) is 4.74 Å². The van der Waals surface area contributed by atoms with Gasteiger partial charge < -0.3 is 14.5 Å². The fourth-order valence-electron chi connectivity index (χ4n) is 3.05. The van der Waals surface area contributed by atoms with Crippen molar-refractivity contribution < 1.29 is 27.5 Å². The van der Waals surface area contributed by atoms with Gasteiger partial charge in [0.05, 0.1) is 11.3 Å². The molecular formula is C19H25F3N2O3. The van der Waals surface area contributed by atoms with Crippen LogP contribution in [0.15, 0.2) is 24.3 Å². The second-order valence-electron chi connectivity index (χ2n) is 7.73. The van der Waals surface area contributed by atoms with Gasteiger partial charge >= 0.3 is 18.1 Å². The van der Waals surface area contributed by atoms with Crippen molar-refractivity contribution in [2.24, 2.45) is 0 Å². The summed E-state index contributed by atoms with van der Waals surface area (Å²) >= 11 is 0. The molecular weight excluding hydrogens is 361 g/mol. The van der Waals surface area contributed by atoms with E-state index in [0.717, 1.165) is 4.90 Å². The largest absolute Gasteiger partial charge is 0.471 e. The van der Waals surface area contributed by atoms with Crippen LogP contribution in [0.2, 0.25) is 0 Å². The molecule has 0 aliphatic carbocycles. The molecule has 150 valence electrons. The Kier molecular flexibility index (Phi) is 6.19. The standard InChI is InChI=1S/C19H25F3N2O3/c1-18(2,3)27-16(25)14-7-5-6-8-15(14)24(17(26)19(20,21)22)13-9-11-23(4)12-10-13/h5-8,13H,9-12H2,1-4H3. The van der Waals surface area contributed by atoms with Crippen molar-refractivity contribution in [2.75, 3.05) is 25.0 Å². The van der Waals surface area contributed by atoms with Gasteiger partial charge in [0.2, 0.25) is 0 Å². The summed E-state index contributed by atoms with van der Waals surface area (Å²) in [7, 11) is 1.88. The van der Waals surface area contributed by atoms with E-state index in [2.05, 4.69) is 0 Å². The number of para-hydroxylation sites is 1. The summed E-state index contributed by atoms with van der Waals surface area (Å²) in [5.41, 5.74) is -0.927. The lowest BCUT2D eigenvalue weighted by Gasteiger charge is -2.38. The van der Waals surface area contributed by atoms with Crippen LogP contribution in [0, 0.1) is 0 Å². The zero-order valence-corrected chi connectivity index (χ0v) is 16.0. The van der Waals surface area contributed by atoms with Crippen LogP contribution in [0.25, 0.3) is 0 Å². The first-order chi connectivity index (χ1) is 12.4. The number of amides is 1. The fraction of sp³-hybridized carbons (Fsp3) is 0.579.